The third kappa shape index (κ3) is 3.40. The first-order valence-corrected chi connectivity index (χ1v) is 5.89. The summed E-state index contributed by atoms with van der Waals surface area (Å²) < 4.78 is 38.4. The Morgan fingerprint density at radius 2 is 1.50 bits per heavy atom. The summed E-state index contributed by atoms with van der Waals surface area (Å²) in [6.45, 7) is 0. The van der Waals surface area contributed by atoms with Crippen LogP contribution in [0.15, 0.2) is 54.6 Å². The Hall–Kier alpha value is -2.25. The van der Waals surface area contributed by atoms with Gasteiger partial charge in [0.05, 0.1) is 5.56 Å². The lowest BCUT2D eigenvalue weighted by molar-refractivity contribution is -0.138. The van der Waals surface area contributed by atoms with Gasteiger partial charge in [0, 0.05) is 11.1 Å². The summed E-state index contributed by atoms with van der Waals surface area (Å²) in [5.41, 5.74) is -0.464. The molecule has 1 atom stereocenters. The second-order valence-corrected chi connectivity index (χ2v) is 4.12. The fourth-order valence-electron chi connectivity index (χ4n) is 1.74. The highest BCUT2D eigenvalue weighted by Gasteiger charge is 2.34. The minimum atomic E-state index is -4.51. The molecule has 0 aliphatic carbocycles. The fraction of sp³-hybridized carbons (Fsp3) is 0.125. The molecule has 1 nitrogen and oxygen atoms in total. The van der Waals surface area contributed by atoms with Crippen molar-refractivity contribution in [2.24, 2.45) is 0 Å². The first kappa shape index (κ1) is 14.2. The second kappa shape index (κ2) is 5.81. The van der Waals surface area contributed by atoms with Crippen LogP contribution >= 0.6 is 0 Å². The first-order chi connectivity index (χ1) is 9.48. The zero-order valence-electron chi connectivity index (χ0n) is 10.4. The minimum absolute atomic E-state index is 0.233. The smallest absolute Gasteiger partial charge is 0.376 e. The Kier molecular flexibility index (Phi) is 4.11. The molecular formula is C16H11F3O. The number of aliphatic hydroxyl groups is 1. The summed E-state index contributed by atoms with van der Waals surface area (Å²) in [7, 11) is 0. The van der Waals surface area contributed by atoms with Gasteiger partial charge < -0.3 is 5.11 Å². The summed E-state index contributed by atoms with van der Waals surface area (Å²) in [6.07, 6.45) is -5.99. The molecule has 0 heterocycles. The van der Waals surface area contributed by atoms with E-state index in [0.29, 0.717) is 5.56 Å². The van der Waals surface area contributed by atoms with E-state index < -0.39 is 17.8 Å². The van der Waals surface area contributed by atoms with Crippen LogP contribution < -0.4 is 0 Å². The van der Waals surface area contributed by atoms with Gasteiger partial charge in [-0.15, -0.1) is 0 Å². The lowest BCUT2D eigenvalue weighted by Gasteiger charge is -2.13. The van der Waals surface area contributed by atoms with Crippen LogP contribution in [-0.4, -0.2) is 5.11 Å². The SMILES string of the molecule is OC(C#Cc1ccccc1)c1ccccc1C(F)(F)F. The van der Waals surface area contributed by atoms with Gasteiger partial charge in [-0.1, -0.05) is 48.2 Å². The molecule has 2 rings (SSSR count). The van der Waals surface area contributed by atoms with Gasteiger partial charge >= 0.3 is 6.18 Å². The minimum Gasteiger partial charge on any atom is -0.376 e. The number of hydrogen-bond donors (Lipinski definition) is 1. The molecule has 0 aromatic heterocycles. The second-order valence-electron chi connectivity index (χ2n) is 4.12. The standard InChI is InChI=1S/C16H11F3O/c17-16(18,19)14-9-5-4-8-13(14)15(20)11-10-12-6-2-1-3-7-12/h1-9,15,20H. The number of benzene rings is 2. The predicted octanol–water partition coefficient (Wildman–Crippen LogP) is 3.79. The van der Waals surface area contributed by atoms with Crippen molar-refractivity contribution in [3.8, 4) is 11.8 Å². The number of halogens is 3. The van der Waals surface area contributed by atoms with Crippen molar-refractivity contribution < 1.29 is 18.3 Å². The lowest BCUT2D eigenvalue weighted by atomic mass is 10.0. The van der Waals surface area contributed by atoms with Crippen molar-refractivity contribution in [1.82, 2.24) is 0 Å². The quantitative estimate of drug-likeness (QED) is 0.786. The molecule has 0 bridgehead atoms. The van der Waals surface area contributed by atoms with Gasteiger partial charge in [-0.05, 0) is 18.2 Å². The number of rotatable bonds is 1. The Morgan fingerprint density at radius 3 is 2.15 bits per heavy atom. The van der Waals surface area contributed by atoms with Gasteiger partial charge in [-0.3, -0.25) is 0 Å². The summed E-state index contributed by atoms with van der Waals surface area (Å²) in [4.78, 5) is 0. The van der Waals surface area contributed by atoms with E-state index in [9.17, 15) is 18.3 Å². The van der Waals surface area contributed by atoms with Crippen LogP contribution in [0.2, 0.25) is 0 Å². The van der Waals surface area contributed by atoms with E-state index >= 15 is 0 Å². The lowest BCUT2D eigenvalue weighted by Crippen LogP contribution is -2.11. The van der Waals surface area contributed by atoms with Crippen LogP contribution in [0.3, 0.4) is 0 Å². The van der Waals surface area contributed by atoms with Crippen LogP contribution in [0.1, 0.15) is 22.8 Å². The average Bonchev–Trinajstić information content (AvgIpc) is 2.45. The molecule has 0 saturated heterocycles. The summed E-state index contributed by atoms with van der Waals surface area (Å²) in [6, 6.07) is 13.7. The molecule has 4 heteroatoms. The molecule has 2 aromatic carbocycles. The van der Waals surface area contributed by atoms with E-state index in [2.05, 4.69) is 11.8 Å². The number of aliphatic hydroxyl groups excluding tert-OH is 1. The molecule has 20 heavy (non-hydrogen) atoms. The van der Waals surface area contributed by atoms with Crippen molar-refractivity contribution in [2.75, 3.05) is 0 Å². The Bertz CT molecular complexity index is 636. The molecule has 0 radical (unpaired) electrons. The average molecular weight is 276 g/mol. The summed E-state index contributed by atoms with van der Waals surface area (Å²) in [5, 5.41) is 9.85. The van der Waals surface area contributed by atoms with Crippen LogP contribution in [-0.2, 0) is 6.18 Å². The maximum absolute atomic E-state index is 12.8. The van der Waals surface area contributed by atoms with Crippen LogP contribution in [0.4, 0.5) is 13.2 Å². The van der Waals surface area contributed by atoms with Gasteiger partial charge in [-0.25, -0.2) is 0 Å². The molecule has 0 amide bonds. The van der Waals surface area contributed by atoms with Crippen molar-refractivity contribution >= 4 is 0 Å². The Balaban J connectivity index is 2.31. The number of hydrogen-bond acceptors (Lipinski definition) is 1. The summed E-state index contributed by atoms with van der Waals surface area (Å²) >= 11 is 0. The largest absolute Gasteiger partial charge is 0.416 e. The summed E-state index contributed by atoms with van der Waals surface area (Å²) in [5.74, 6) is 5.09. The van der Waals surface area contributed by atoms with Crippen LogP contribution in [0, 0.1) is 11.8 Å². The van der Waals surface area contributed by atoms with E-state index in [-0.39, 0.29) is 5.56 Å². The molecule has 0 fully saturated rings. The van der Waals surface area contributed by atoms with Crippen molar-refractivity contribution in [1.29, 1.82) is 0 Å². The topological polar surface area (TPSA) is 20.2 Å². The molecule has 1 N–H and O–H groups in total. The van der Waals surface area contributed by atoms with E-state index in [4.69, 9.17) is 0 Å². The number of alkyl halides is 3. The highest BCUT2D eigenvalue weighted by atomic mass is 19.4. The zero-order chi connectivity index (χ0) is 14.6. The van der Waals surface area contributed by atoms with Gasteiger partial charge in [-0.2, -0.15) is 13.2 Å². The van der Waals surface area contributed by atoms with E-state index in [1.807, 2.05) is 0 Å². The monoisotopic (exact) mass is 276 g/mol. The first-order valence-electron chi connectivity index (χ1n) is 5.89. The third-order valence-electron chi connectivity index (χ3n) is 2.69. The normalized spacial score (nSPS) is 12.4. The zero-order valence-corrected chi connectivity index (χ0v) is 10.4. The molecule has 102 valence electrons. The van der Waals surface area contributed by atoms with E-state index in [1.54, 1.807) is 30.3 Å². The van der Waals surface area contributed by atoms with E-state index in [1.165, 1.54) is 18.2 Å². The Morgan fingerprint density at radius 1 is 0.900 bits per heavy atom. The van der Waals surface area contributed by atoms with Crippen molar-refractivity contribution in [2.45, 2.75) is 12.3 Å². The maximum atomic E-state index is 12.8. The molecule has 0 spiro atoms. The van der Waals surface area contributed by atoms with Crippen molar-refractivity contribution in [3.05, 3.63) is 71.3 Å². The van der Waals surface area contributed by atoms with Gasteiger partial charge in [0.25, 0.3) is 0 Å². The Labute approximate surface area is 114 Å². The predicted molar refractivity (Wildman–Crippen MR) is 69.7 cm³/mol. The third-order valence-corrected chi connectivity index (χ3v) is 2.69. The molecule has 1 unspecified atom stereocenters. The van der Waals surface area contributed by atoms with Gasteiger partial charge in [0.15, 0.2) is 0 Å². The molecular weight excluding hydrogens is 265 g/mol. The molecule has 0 saturated carbocycles. The van der Waals surface area contributed by atoms with Crippen molar-refractivity contribution in [3.63, 3.8) is 0 Å². The van der Waals surface area contributed by atoms with Crippen LogP contribution in [0.25, 0.3) is 0 Å². The molecule has 0 aliphatic heterocycles. The van der Waals surface area contributed by atoms with E-state index in [0.717, 1.165) is 6.07 Å². The maximum Gasteiger partial charge on any atom is 0.416 e. The fourth-order valence-corrected chi connectivity index (χ4v) is 1.74. The van der Waals surface area contributed by atoms with Gasteiger partial charge in [0.1, 0.15) is 6.10 Å². The van der Waals surface area contributed by atoms with Gasteiger partial charge in [0.2, 0.25) is 0 Å². The highest BCUT2D eigenvalue weighted by Crippen LogP contribution is 2.34. The highest BCUT2D eigenvalue weighted by molar-refractivity contribution is 5.39. The molecule has 0 aliphatic rings. The van der Waals surface area contributed by atoms with Crippen LogP contribution in [0.5, 0.6) is 0 Å². The molecule has 2 aromatic rings.